The smallest absolute Gasteiger partial charge is 0.152 e. The molecule has 1 aliphatic rings. The second-order valence-electron chi connectivity index (χ2n) is 4.03. The molecule has 1 atom stereocenters. The van der Waals surface area contributed by atoms with Crippen molar-refractivity contribution in [2.75, 3.05) is 0 Å². The van der Waals surface area contributed by atoms with E-state index in [0.717, 1.165) is 6.42 Å². The maximum atomic E-state index is 10.7. The van der Waals surface area contributed by atoms with Gasteiger partial charge < -0.3 is 0 Å². The normalized spacial score (nSPS) is 24.1. The van der Waals surface area contributed by atoms with Gasteiger partial charge >= 0.3 is 0 Å². The Morgan fingerprint density at radius 2 is 2.08 bits per heavy atom. The van der Waals surface area contributed by atoms with Crippen LogP contribution in [0, 0.1) is 5.92 Å². The summed E-state index contributed by atoms with van der Waals surface area (Å²) in [5, 5.41) is 0. The molecule has 0 aromatic heterocycles. The van der Waals surface area contributed by atoms with Crippen molar-refractivity contribution in [1.82, 2.24) is 0 Å². The Labute approximate surface area is 80.5 Å². The van der Waals surface area contributed by atoms with E-state index in [1.807, 2.05) is 0 Å². The molecular formula is C12H18O. The highest BCUT2D eigenvalue weighted by Crippen LogP contribution is 2.29. The molecular weight excluding hydrogens is 160 g/mol. The minimum atomic E-state index is 0.156. The maximum Gasteiger partial charge on any atom is 0.152 e. The third-order valence-electron chi connectivity index (χ3n) is 2.79. The minimum Gasteiger partial charge on any atom is -0.295 e. The average Bonchev–Trinajstić information content (AvgIpc) is 2.07. The van der Waals surface area contributed by atoms with Gasteiger partial charge in [-0.1, -0.05) is 17.2 Å². The topological polar surface area (TPSA) is 17.1 Å². The number of hydrogen-bond acceptors (Lipinski definition) is 1. The quantitative estimate of drug-likeness (QED) is 0.468. The van der Waals surface area contributed by atoms with Crippen LogP contribution in [0.25, 0.3) is 0 Å². The van der Waals surface area contributed by atoms with Gasteiger partial charge in [-0.25, -0.2) is 0 Å². The van der Waals surface area contributed by atoms with E-state index in [-0.39, 0.29) is 5.78 Å². The fraction of sp³-hybridized carbons (Fsp3) is 0.583. The van der Waals surface area contributed by atoms with Gasteiger partial charge in [0.15, 0.2) is 5.78 Å². The van der Waals surface area contributed by atoms with Crippen LogP contribution >= 0.6 is 0 Å². The lowest BCUT2D eigenvalue weighted by Crippen LogP contribution is -2.06. The van der Waals surface area contributed by atoms with Crippen LogP contribution in [0.15, 0.2) is 23.3 Å². The molecule has 1 nitrogen and oxygen atoms in total. The van der Waals surface area contributed by atoms with Crippen LogP contribution in [-0.2, 0) is 4.79 Å². The fourth-order valence-corrected chi connectivity index (χ4v) is 1.72. The highest BCUT2D eigenvalue weighted by Gasteiger charge is 2.13. The summed E-state index contributed by atoms with van der Waals surface area (Å²) in [7, 11) is 0. The van der Waals surface area contributed by atoms with Gasteiger partial charge in [-0.15, -0.1) is 0 Å². The molecule has 0 aromatic rings. The zero-order valence-electron chi connectivity index (χ0n) is 8.76. The van der Waals surface area contributed by atoms with E-state index in [1.165, 1.54) is 24.0 Å². The van der Waals surface area contributed by atoms with Gasteiger partial charge in [0.1, 0.15) is 0 Å². The van der Waals surface area contributed by atoms with Crippen molar-refractivity contribution < 1.29 is 4.79 Å². The highest BCUT2D eigenvalue weighted by molar-refractivity contribution is 5.87. The van der Waals surface area contributed by atoms with Crippen LogP contribution in [0.4, 0.5) is 0 Å². The third kappa shape index (κ3) is 3.17. The molecule has 13 heavy (non-hydrogen) atoms. The SMILES string of the molecule is CC(=O)C=CC1CCC(C)=C(C)C1. The molecule has 1 unspecified atom stereocenters. The Bertz CT molecular complexity index is 258. The Kier molecular flexibility index (Phi) is 3.47. The Hall–Kier alpha value is -0.850. The van der Waals surface area contributed by atoms with Crippen LogP contribution in [0.1, 0.15) is 40.0 Å². The molecule has 0 radical (unpaired) electrons. The summed E-state index contributed by atoms with van der Waals surface area (Å²) in [6.07, 6.45) is 7.30. The third-order valence-corrected chi connectivity index (χ3v) is 2.79. The van der Waals surface area contributed by atoms with Gasteiger partial charge in [0.05, 0.1) is 0 Å². The summed E-state index contributed by atoms with van der Waals surface area (Å²) >= 11 is 0. The number of allylic oxidation sites excluding steroid dienone is 4. The minimum absolute atomic E-state index is 0.156. The molecule has 0 heterocycles. The van der Waals surface area contributed by atoms with Crippen LogP contribution in [0.5, 0.6) is 0 Å². The first-order chi connectivity index (χ1) is 6.09. The van der Waals surface area contributed by atoms with Gasteiger partial charge in [-0.05, 0) is 52.0 Å². The molecule has 1 heteroatoms. The number of carbonyl (C=O) groups excluding carboxylic acids is 1. The van der Waals surface area contributed by atoms with Crippen LogP contribution < -0.4 is 0 Å². The predicted octanol–water partition coefficient (Wildman–Crippen LogP) is 3.27. The first-order valence-electron chi connectivity index (χ1n) is 4.93. The molecule has 72 valence electrons. The van der Waals surface area contributed by atoms with E-state index in [4.69, 9.17) is 0 Å². The maximum absolute atomic E-state index is 10.7. The molecule has 0 amide bonds. The number of ketones is 1. The summed E-state index contributed by atoms with van der Waals surface area (Å²) in [5.74, 6) is 0.747. The molecule has 0 spiro atoms. The molecule has 0 saturated carbocycles. The summed E-state index contributed by atoms with van der Waals surface area (Å²) < 4.78 is 0. The average molecular weight is 178 g/mol. The Balaban J connectivity index is 2.54. The zero-order valence-corrected chi connectivity index (χ0v) is 8.76. The summed E-state index contributed by atoms with van der Waals surface area (Å²) in [6.45, 7) is 6.01. The molecule has 0 bridgehead atoms. The Morgan fingerprint density at radius 3 is 2.62 bits per heavy atom. The van der Waals surface area contributed by atoms with Gasteiger partial charge in [0.25, 0.3) is 0 Å². The first-order valence-corrected chi connectivity index (χ1v) is 4.93. The number of carbonyl (C=O) groups is 1. The zero-order chi connectivity index (χ0) is 9.84. The molecule has 0 N–H and O–H groups in total. The standard InChI is InChI=1S/C12H18O/c1-9-4-6-12(8-10(9)2)7-5-11(3)13/h5,7,12H,4,6,8H2,1-3H3. The molecule has 1 rings (SSSR count). The fourth-order valence-electron chi connectivity index (χ4n) is 1.72. The van der Waals surface area contributed by atoms with E-state index in [9.17, 15) is 4.79 Å². The molecule has 0 saturated heterocycles. The van der Waals surface area contributed by atoms with Crippen LogP contribution in [-0.4, -0.2) is 5.78 Å². The van der Waals surface area contributed by atoms with Crippen molar-refractivity contribution in [3.05, 3.63) is 23.3 Å². The lowest BCUT2D eigenvalue weighted by Gasteiger charge is -2.21. The lowest BCUT2D eigenvalue weighted by molar-refractivity contribution is -0.112. The number of hydrogen-bond donors (Lipinski definition) is 0. The summed E-state index contributed by atoms with van der Waals surface area (Å²) in [4.78, 5) is 10.7. The summed E-state index contributed by atoms with van der Waals surface area (Å²) in [6, 6.07) is 0. The Morgan fingerprint density at radius 1 is 1.38 bits per heavy atom. The number of rotatable bonds is 2. The van der Waals surface area contributed by atoms with E-state index < -0.39 is 0 Å². The van der Waals surface area contributed by atoms with Crippen molar-refractivity contribution in [3.63, 3.8) is 0 Å². The van der Waals surface area contributed by atoms with Crippen LogP contribution in [0.2, 0.25) is 0 Å². The van der Waals surface area contributed by atoms with E-state index in [0.29, 0.717) is 5.92 Å². The molecule has 0 aromatic carbocycles. The first kappa shape index (κ1) is 10.2. The predicted molar refractivity (Wildman–Crippen MR) is 55.5 cm³/mol. The van der Waals surface area contributed by atoms with Gasteiger partial charge in [0, 0.05) is 0 Å². The van der Waals surface area contributed by atoms with Gasteiger partial charge in [0.2, 0.25) is 0 Å². The summed E-state index contributed by atoms with van der Waals surface area (Å²) in [5.41, 5.74) is 3.04. The van der Waals surface area contributed by atoms with E-state index in [2.05, 4.69) is 19.9 Å². The van der Waals surface area contributed by atoms with E-state index in [1.54, 1.807) is 13.0 Å². The second kappa shape index (κ2) is 4.40. The van der Waals surface area contributed by atoms with Crippen LogP contribution in [0.3, 0.4) is 0 Å². The van der Waals surface area contributed by atoms with Crippen molar-refractivity contribution in [2.24, 2.45) is 5.92 Å². The van der Waals surface area contributed by atoms with Crippen molar-refractivity contribution in [3.8, 4) is 0 Å². The van der Waals surface area contributed by atoms with Gasteiger partial charge in [-0.3, -0.25) is 4.79 Å². The molecule has 1 aliphatic carbocycles. The lowest BCUT2D eigenvalue weighted by atomic mass is 9.85. The highest BCUT2D eigenvalue weighted by atomic mass is 16.1. The molecule has 0 fully saturated rings. The largest absolute Gasteiger partial charge is 0.295 e. The second-order valence-corrected chi connectivity index (χ2v) is 4.03. The van der Waals surface area contributed by atoms with E-state index >= 15 is 0 Å². The monoisotopic (exact) mass is 178 g/mol. The van der Waals surface area contributed by atoms with Crippen molar-refractivity contribution >= 4 is 5.78 Å². The van der Waals surface area contributed by atoms with Gasteiger partial charge in [-0.2, -0.15) is 0 Å². The van der Waals surface area contributed by atoms with Crippen molar-refractivity contribution in [1.29, 1.82) is 0 Å². The molecule has 0 aliphatic heterocycles. The van der Waals surface area contributed by atoms with Crippen molar-refractivity contribution in [2.45, 2.75) is 40.0 Å².